The summed E-state index contributed by atoms with van der Waals surface area (Å²) in [4.78, 5) is 104. The van der Waals surface area contributed by atoms with Gasteiger partial charge >= 0.3 is 17.9 Å². The average Bonchev–Trinajstić information content (AvgIpc) is 0.980. The standard InChI is InChI=1S/C37H52N8O10.C27H35N5O4/c1-43(22-34(48)49)14-15-44(23-35(50)51)16-17-45(24-36(52)53)21-33(47)39-13-7-5-4-6-12-38-32(46)18-26-8-10-27(11-9-26)42-37-28-19-30(54-2)31(55-3)20-29(28)40-25-41-37;1-4-25(33)28-13-7-5-6-8-14-29-26(34)15-19-9-11-20(12-10-19)32-27-21-16-23(35-2)24(36-3)17-22(21)30-18-31-27/h8-11,19-20,25H,4-7,12-18,21-24H2,1-3H3,(H,38,46)(H,39,47)(H,48,49)(H,50,51)(H,52,53)(H,40,41,42);9-12,16-18H,4-8,13-15H2,1-3H3,(H,28,33)(H,29,34)(H,30,31,32). The topological polar surface area (TPSA) is 351 Å². The smallest absolute Gasteiger partial charge is 0.317 e. The van der Waals surface area contributed by atoms with Crippen LogP contribution in [0.1, 0.15) is 75.8 Å². The second kappa shape index (κ2) is 39.5. The quantitative estimate of drug-likeness (QED) is 0.0209. The number of carboxylic acids is 3. The van der Waals surface area contributed by atoms with Crippen LogP contribution in [0.25, 0.3) is 21.8 Å². The van der Waals surface area contributed by atoms with Gasteiger partial charge in [0.25, 0.3) is 0 Å². The minimum absolute atomic E-state index is 0.00811. The Morgan fingerprint density at radius 1 is 0.429 bits per heavy atom. The van der Waals surface area contributed by atoms with Crippen molar-refractivity contribution in [2.45, 2.75) is 77.6 Å². The van der Waals surface area contributed by atoms with Gasteiger partial charge in [0, 0.05) is 93.1 Å². The average molecular weight is 1260 g/mol. The lowest BCUT2D eigenvalue weighted by Gasteiger charge is -2.27. The van der Waals surface area contributed by atoms with Crippen molar-refractivity contribution in [3.8, 4) is 23.0 Å². The Bertz CT molecular complexity index is 3300. The number of amides is 4. The van der Waals surface area contributed by atoms with Crippen LogP contribution in [0.2, 0.25) is 0 Å². The summed E-state index contributed by atoms with van der Waals surface area (Å²) in [6, 6.07) is 22.5. The van der Waals surface area contributed by atoms with E-state index in [9.17, 15) is 43.8 Å². The van der Waals surface area contributed by atoms with E-state index in [1.54, 1.807) is 46.5 Å². The van der Waals surface area contributed by atoms with Crippen LogP contribution in [0, 0.1) is 0 Å². The van der Waals surface area contributed by atoms with E-state index in [1.165, 1.54) is 22.5 Å². The molecule has 0 spiro atoms. The van der Waals surface area contributed by atoms with Gasteiger partial charge < -0.3 is 66.2 Å². The van der Waals surface area contributed by atoms with Gasteiger partial charge in [-0.25, -0.2) is 19.9 Å². The number of carboxylic acid groups (broad SMARTS) is 3. The van der Waals surface area contributed by atoms with E-state index in [1.807, 2.05) is 73.7 Å². The predicted octanol–water partition coefficient (Wildman–Crippen LogP) is 5.65. The maximum Gasteiger partial charge on any atom is 0.317 e. The van der Waals surface area contributed by atoms with Gasteiger partial charge in [-0.15, -0.1) is 0 Å². The lowest BCUT2D eigenvalue weighted by molar-refractivity contribution is -0.140. The Hall–Kier alpha value is -9.47. The van der Waals surface area contributed by atoms with Crippen molar-refractivity contribution in [2.24, 2.45) is 0 Å². The van der Waals surface area contributed by atoms with Crippen LogP contribution in [-0.4, -0.2) is 206 Å². The Morgan fingerprint density at radius 2 is 0.791 bits per heavy atom. The fourth-order valence-corrected chi connectivity index (χ4v) is 9.42. The predicted molar refractivity (Wildman–Crippen MR) is 345 cm³/mol. The number of methoxy groups -OCH3 is 4. The van der Waals surface area contributed by atoms with Crippen LogP contribution >= 0.6 is 0 Å². The fourth-order valence-electron chi connectivity index (χ4n) is 9.42. The number of rotatable bonds is 41. The van der Waals surface area contributed by atoms with Gasteiger partial charge in [-0.1, -0.05) is 56.9 Å². The molecule has 0 unspecified atom stereocenters. The number of ether oxygens (including phenoxy) is 4. The van der Waals surface area contributed by atoms with Crippen LogP contribution in [-0.2, 0) is 46.4 Å². The van der Waals surface area contributed by atoms with Crippen LogP contribution in [0.3, 0.4) is 0 Å². The molecule has 2 heterocycles. The number of hydrogen-bond acceptors (Lipinski definition) is 20. The number of hydrogen-bond donors (Lipinski definition) is 9. The summed E-state index contributed by atoms with van der Waals surface area (Å²) in [5, 5.41) is 47.3. The van der Waals surface area contributed by atoms with Crippen LogP contribution in [0.5, 0.6) is 23.0 Å². The molecule has 0 saturated heterocycles. The Kier molecular flexibility index (Phi) is 31.4. The number of fused-ring (bicyclic) bond motifs is 2. The van der Waals surface area contributed by atoms with E-state index in [0.717, 1.165) is 90.3 Å². The largest absolute Gasteiger partial charge is 0.493 e. The van der Waals surface area contributed by atoms with E-state index in [-0.39, 0.29) is 69.3 Å². The van der Waals surface area contributed by atoms with Gasteiger partial charge in [0.2, 0.25) is 23.6 Å². The highest BCUT2D eigenvalue weighted by molar-refractivity contribution is 5.94. The first kappa shape index (κ1) is 72.3. The molecule has 0 aliphatic heterocycles. The molecule has 6 aromatic rings. The molecule has 6 rings (SSSR count). The van der Waals surface area contributed by atoms with Crippen molar-refractivity contribution in [2.75, 3.05) is 125 Å². The van der Waals surface area contributed by atoms with Gasteiger partial charge in [0.05, 0.1) is 78.5 Å². The van der Waals surface area contributed by atoms with Gasteiger partial charge in [-0.3, -0.25) is 48.3 Å². The summed E-state index contributed by atoms with van der Waals surface area (Å²) < 4.78 is 21.6. The fraction of sp³-hybridized carbons (Fsp3) is 0.453. The third-order valence-corrected chi connectivity index (χ3v) is 14.3. The van der Waals surface area contributed by atoms with Gasteiger partial charge in [0.1, 0.15) is 24.3 Å². The highest BCUT2D eigenvalue weighted by Gasteiger charge is 2.19. The van der Waals surface area contributed by atoms with Crippen molar-refractivity contribution < 1.29 is 67.8 Å². The molecular weight excluding hydrogens is 1170 g/mol. The molecule has 0 radical (unpaired) electrons. The van der Waals surface area contributed by atoms with E-state index in [0.29, 0.717) is 85.6 Å². The number of anilines is 4. The van der Waals surface area contributed by atoms with Gasteiger partial charge in [0.15, 0.2) is 23.0 Å². The second-order valence-corrected chi connectivity index (χ2v) is 21.4. The zero-order chi connectivity index (χ0) is 65.9. The van der Waals surface area contributed by atoms with Crippen molar-refractivity contribution in [1.29, 1.82) is 0 Å². The number of unbranched alkanes of at least 4 members (excludes halogenated alkanes) is 6. The molecule has 9 N–H and O–H groups in total. The van der Waals surface area contributed by atoms with Crippen LogP contribution in [0.15, 0.2) is 85.5 Å². The SMILES string of the molecule is CCC(=O)NCCCCCCNC(=O)Cc1ccc(Nc2ncnc3cc(OC)c(OC)cc23)cc1.COc1cc2ncnc(Nc3ccc(CC(=O)NCCCCCCNC(=O)CN(CCN(CCN(C)CC(=O)O)CC(=O)O)CC(=O)O)cc3)c2cc1OC. The normalized spacial score (nSPS) is 11.0. The third kappa shape index (κ3) is 26.6. The number of aliphatic carboxylic acids is 3. The highest BCUT2D eigenvalue weighted by Crippen LogP contribution is 2.36. The molecule has 0 bridgehead atoms. The lowest BCUT2D eigenvalue weighted by atomic mass is 10.1. The molecule has 492 valence electrons. The minimum Gasteiger partial charge on any atom is -0.493 e. The number of aromatic nitrogens is 4. The van der Waals surface area contributed by atoms with E-state index in [2.05, 4.69) is 51.8 Å². The molecule has 0 fully saturated rings. The highest BCUT2D eigenvalue weighted by atomic mass is 16.5. The number of benzene rings is 4. The zero-order valence-corrected chi connectivity index (χ0v) is 52.8. The maximum absolute atomic E-state index is 12.5. The summed E-state index contributed by atoms with van der Waals surface area (Å²) >= 11 is 0. The van der Waals surface area contributed by atoms with Crippen molar-refractivity contribution >= 4 is 86.4 Å². The van der Waals surface area contributed by atoms with Crippen molar-refractivity contribution in [3.05, 3.63) is 96.6 Å². The molecule has 0 aliphatic carbocycles. The van der Waals surface area contributed by atoms with E-state index in [4.69, 9.17) is 24.1 Å². The number of nitrogens with zero attached hydrogens (tertiary/aromatic N) is 7. The molecule has 27 heteroatoms. The lowest BCUT2D eigenvalue weighted by Crippen LogP contribution is -2.45. The van der Waals surface area contributed by atoms with E-state index >= 15 is 0 Å². The second-order valence-electron chi connectivity index (χ2n) is 21.4. The molecule has 0 saturated carbocycles. The molecule has 0 atom stereocenters. The minimum atomic E-state index is -1.12. The number of nitrogens with one attached hydrogen (secondary N) is 6. The first-order valence-corrected chi connectivity index (χ1v) is 30.2. The van der Waals surface area contributed by atoms with Crippen LogP contribution in [0.4, 0.5) is 23.0 Å². The number of carbonyl (C=O) groups is 7. The molecule has 4 amide bonds. The Balaban J connectivity index is 0.000000360. The summed E-state index contributed by atoms with van der Waals surface area (Å²) in [5.41, 5.74) is 4.87. The number of likely N-dealkylation sites (N-methyl/N-ethyl adjacent to an activating group) is 1. The Morgan fingerprint density at radius 3 is 1.19 bits per heavy atom. The summed E-state index contributed by atoms with van der Waals surface area (Å²) in [5.74, 6) is 0.0892. The van der Waals surface area contributed by atoms with Gasteiger partial charge in [-0.05, 0) is 80.3 Å². The van der Waals surface area contributed by atoms with Gasteiger partial charge in [-0.2, -0.15) is 0 Å². The zero-order valence-electron chi connectivity index (χ0n) is 52.8. The molecular formula is C64H87N13O14. The third-order valence-electron chi connectivity index (χ3n) is 14.3. The van der Waals surface area contributed by atoms with Crippen molar-refractivity contribution in [1.82, 2.24) is 55.9 Å². The number of carbonyl (C=O) groups excluding carboxylic acids is 4. The summed E-state index contributed by atoms with van der Waals surface area (Å²) in [6.45, 7) is 4.00. The summed E-state index contributed by atoms with van der Waals surface area (Å²) in [7, 11) is 7.92. The molecule has 91 heavy (non-hydrogen) atoms. The molecule has 0 aliphatic rings. The van der Waals surface area contributed by atoms with Crippen LogP contribution < -0.4 is 50.8 Å². The molecule has 4 aromatic carbocycles. The maximum atomic E-state index is 12.5. The Labute approximate surface area is 530 Å². The monoisotopic (exact) mass is 1260 g/mol. The van der Waals surface area contributed by atoms with E-state index < -0.39 is 24.5 Å². The molecule has 27 nitrogen and oxygen atoms in total. The first-order chi connectivity index (χ1) is 43.9. The summed E-state index contributed by atoms with van der Waals surface area (Å²) in [6.07, 6.45) is 11.2. The first-order valence-electron chi connectivity index (χ1n) is 30.2. The van der Waals surface area contributed by atoms with Crippen molar-refractivity contribution in [3.63, 3.8) is 0 Å². The molecule has 2 aromatic heterocycles.